The van der Waals surface area contributed by atoms with Crippen LogP contribution in [-0.4, -0.2) is 75.2 Å². The molecule has 11 heteroatoms. The molecule has 0 radical (unpaired) electrons. The summed E-state index contributed by atoms with van der Waals surface area (Å²) in [5.74, 6) is -1.40. The molecule has 170 valence electrons. The molecular weight excluding hydrogens is 424 g/mol. The van der Waals surface area contributed by atoms with Crippen molar-refractivity contribution in [3.05, 3.63) is 52.5 Å². The van der Waals surface area contributed by atoms with Crippen molar-refractivity contribution in [2.45, 2.75) is 38.3 Å². The highest BCUT2D eigenvalue weighted by molar-refractivity contribution is 6.47. The number of aromatic nitrogens is 2. The van der Waals surface area contributed by atoms with Crippen molar-refractivity contribution >= 4 is 17.4 Å². The van der Waals surface area contributed by atoms with Crippen LogP contribution in [0.15, 0.2) is 23.5 Å². The summed E-state index contributed by atoms with van der Waals surface area (Å²) in [7, 11) is 1.47. The number of hydrogen-bond donors (Lipinski definition) is 3. The zero-order chi connectivity index (χ0) is 23.0. The Hall–Kier alpha value is -3.02. The van der Waals surface area contributed by atoms with E-state index < -0.39 is 35.8 Å². The lowest BCUT2D eigenvalue weighted by Crippen LogP contribution is -2.51. The Morgan fingerprint density at radius 2 is 2.06 bits per heavy atom. The van der Waals surface area contributed by atoms with E-state index in [1.165, 1.54) is 25.2 Å². The van der Waals surface area contributed by atoms with Crippen LogP contribution in [0.3, 0.4) is 0 Å². The van der Waals surface area contributed by atoms with Crippen LogP contribution >= 0.6 is 0 Å². The maximum absolute atomic E-state index is 14.4. The van der Waals surface area contributed by atoms with E-state index in [9.17, 15) is 23.8 Å². The Morgan fingerprint density at radius 1 is 1.28 bits per heavy atom. The molecule has 1 fully saturated rings. The van der Waals surface area contributed by atoms with E-state index in [1.54, 1.807) is 0 Å². The molecule has 1 saturated heterocycles. The third-order valence-electron chi connectivity index (χ3n) is 5.52. The van der Waals surface area contributed by atoms with Crippen LogP contribution in [-0.2, 0) is 22.6 Å². The maximum atomic E-state index is 14.4. The number of likely N-dealkylation sites (N-methyl/N-ethyl adjacent to an activating group) is 1. The summed E-state index contributed by atoms with van der Waals surface area (Å²) < 4.78 is 33.4. The number of amides is 1. The molecule has 1 amide bonds. The van der Waals surface area contributed by atoms with Crippen molar-refractivity contribution in [1.82, 2.24) is 14.9 Å². The molecule has 0 spiro atoms. The van der Waals surface area contributed by atoms with Crippen LogP contribution in [0.2, 0.25) is 0 Å². The van der Waals surface area contributed by atoms with Crippen molar-refractivity contribution in [3.8, 4) is 0 Å². The molecule has 2 aromatic rings. The first kappa shape index (κ1) is 22.2. The first-order valence-corrected chi connectivity index (χ1v) is 10.0. The van der Waals surface area contributed by atoms with Gasteiger partial charge in [0.15, 0.2) is 0 Å². The number of carbonyl (C=O) groups excluding carboxylic acids is 1. The Kier molecular flexibility index (Phi) is 6.13. The number of hydrogen-bond acceptors (Lipinski definition) is 8. The van der Waals surface area contributed by atoms with Gasteiger partial charge in [0, 0.05) is 19.2 Å². The van der Waals surface area contributed by atoms with Gasteiger partial charge in [0.05, 0.1) is 37.1 Å². The highest BCUT2D eigenvalue weighted by Gasteiger charge is 2.35. The predicted octanol–water partition coefficient (Wildman–Crippen LogP) is 0.557. The van der Waals surface area contributed by atoms with Crippen LogP contribution in [0.1, 0.15) is 22.4 Å². The molecule has 2 aliphatic heterocycles. The molecule has 0 unspecified atom stereocenters. The van der Waals surface area contributed by atoms with Crippen LogP contribution in [0.4, 0.5) is 14.6 Å². The van der Waals surface area contributed by atoms with Gasteiger partial charge in [-0.1, -0.05) is 0 Å². The summed E-state index contributed by atoms with van der Waals surface area (Å²) >= 11 is 0. The fraction of sp³-hybridized carbons (Fsp3) is 0.429. The smallest absolute Gasteiger partial charge is 0.272 e. The fourth-order valence-electron chi connectivity index (χ4n) is 3.81. The van der Waals surface area contributed by atoms with Gasteiger partial charge in [0.25, 0.3) is 5.91 Å². The quantitative estimate of drug-likeness (QED) is 0.613. The molecule has 0 aliphatic carbocycles. The Morgan fingerprint density at radius 3 is 2.84 bits per heavy atom. The van der Waals surface area contributed by atoms with Gasteiger partial charge in [-0.3, -0.25) is 9.79 Å². The number of aliphatic hydroxyl groups is 2. The molecular formula is C21H23F2N5O4. The second kappa shape index (κ2) is 8.85. The molecule has 32 heavy (non-hydrogen) atoms. The largest absolute Gasteiger partial charge is 0.388 e. The van der Waals surface area contributed by atoms with Crippen molar-refractivity contribution < 1.29 is 28.5 Å². The summed E-state index contributed by atoms with van der Waals surface area (Å²) in [6.07, 6.45) is -0.832. The van der Waals surface area contributed by atoms with Crippen LogP contribution < -0.4 is 5.32 Å². The van der Waals surface area contributed by atoms with Crippen molar-refractivity contribution in [2.24, 2.45) is 4.99 Å². The van der Waals surface area contributed by atoms with Gasteiger partial charge < -0.3 is 25.2 Å². The van der Waals surface area contributed by atoms with Crippen LogP contribution in [0.25, 0.3) is 0 Å². The molecule has 0 bridgehead atoms. The highest BCUT2D eigenvalue weighted by Crippen LogP contribution is 2.26. The Labute approximate surface area is 182 Å². The minimum Gasteiger partial charge on any atom is -0.388 e. The first-order chi connectivity index (χ1) is 15.3. The average molecular weight is 447 g/mol. The van der Waals surface area contributed by atoms with Gasteiger partial charge in [0.1, 0.15) is 41.7 Å². The van der Waals surface area contributed by atoms with Gasteiger partial charge in [0.2, 0.25) is 0 Å². The monoisotopic (exact) mass is 447 g/mol. The lowest BCUT2D eigenvalue weighted by atomic mass is 10.0. The Balaban J connectivity index is 1.57. The standard InChI is InChI=1S/C21H23F2N5O4/c1-10-3-12(22)4-11(17(10)23)6-28(2)21(31)18-16-13(5-24-18)25-9-26-20(16)27-14-7-32-8-15(29)19(14)30/h3-4,9,14-15,19,29-30H,5-8H2,1-2H3,(H,25,26,27)/t14-,15-,19+/m1/s1. The SMILES string of the molecule is Cc1cc(F)cc(CN(C)C(=O)C2=NCc3ncnc(N[C@@H]4COC[C@@H](O)[C@H]4O)c32)c1F. The van der Waals surface area contributed by atoms with E-state index in [-0.39, 0.29) is 49.0 Å². The number of benzene rings is 1. The average Bonchev–Trinajstić information content (AvgIpc) is 3.19. The number of nitrogens with one attached hydrogen (secondary N) is 1. The minimum absolute atomic E-state index is 0.0212. The summed E-state index contributed by atoms with van der Waals surface area (Å²) in [6.45, 7) is 1.61. The van der Waals surface area contributed by atoms with E-state index in [0.717, 1.165) is 12.1 Å². The van der Waals surface area contributed by atoms with Gasteiger partial charge in [-0.05, 0) is 24.6 Å². The number of aliphatic imine (C=N–C) groups is 1. The molecule has 2 aliphatic rings. The van der Waals surface area contributed by atoms with E-state index in [4.69, 9.17) is 4.74 Å². The van der Waals surface area contributed by atoms with Gasteiger partial charge in [-0.2, -0.15) is 0 Å². The summed E-state index contributed by atoms with van der Waals surface area (Å²) in [4.78, 5) is 27.0. The normalized spacial score (nSPS) is 22.3. The summed E-state index contributed by atoms with van der Waals surface area (Å²) in [5.41, 5.74) is 1.16. The number of aliphatic hydroxyl groups excluding tert-OH is 2. The molecule has 3 N–H and O–H groups in total. The number of halogens is 2. The maximum Gasteiger partial charge on any atom is 0.272 e. The number of carbonyl (C=O) groups is 1. The number of ether oxygens (including phenoxy) is 1. The summed E-state index contributed by atoms with van der Waals surface area (Å²) in [5, 5.41) is 23.1. The molecule has 3 atom stereocenters. The molecule has 4 rings (SSSR count). The number of anilines is 1. The third kappa shape index (κ3) is 4.18. The van der Waals surface area contributed by atoms with Gasteiger partial charge in [-0.25, -0.2) is 18.7 Å². The third-order valence-corrected chi connectivity index (χ3v) is 5.52. The van der Waals surface area contributed by atoms with Gasteiger partial charge >= 0.3 is 0 Å². The van der Waals surface area contributed by atoms with E-state index in [2.05, 4.69) is 20.3 Å². The second-order valence-electron chi connectivity index (χ2n) is 7.91. The summed E-state index contributed by atoms with van der Waals surface area (Å²) in [6, 6.07) is 1.49. The van der Waals surface area contributed by atoms with Crippen molar-refractivity contribution in [3.63, 3.8) is 0 Å². The Bertz CT molecular complexity index is 1080. The van der Waals surface area contributed by atoms with E-state index in [1.807, 2.05) is 0 Å². The predicted molar refractivity (Wildman–Crippen MR) is 110 cm³/mol. The minimum atomic E-state index is -1.09. The number of aryl methyl sites for hydroxylation is 1. The number of nitrogens with zero attached hydrogens (tertiary/aromatic N) is 4. The zero-order valence-electron chi connectivity index (χ0n) is 17.5. The van der Waals surface area contributed by atoms with E-state index >= 15 is 0 Å². The molecule has 1 aromatic heterocycles. The molecule has 9 nitrogen and oxygen atoms in total. The van der Waals surface area contributed by atoms with Gasteiger partial charge in [-0.15, -0.1) is 0 Å². The van der Waals surface area contributed by atoms with Crippen molar-refractivity contribution in [2.75, 3.05) is 25.6 Å². The zero-order valence-corrected chi connectivity index (χ0v) is 17.5. The number of rotatable bonds is 5. The lowest BCUT2D eigenvalue weighted by Gasteiger charge is -2.33. The first-order valence-electron chi connectivity index (χ1n) is 10.0. The topological polar surface area (TPSA) is 120 Å². The van der Waals surface area contributed by atoms with Crippen LogP contribution in [0.5, 0.6) is 0 Å². The molecule has 3 heterocycles. The lowest BCUT2D eigenvalue weighted by molar-refractivity contribution is -0.123. The van der Waals surface area contributed by atoms with Crippen LogP contribution in [0, 0.1) is 18.6 Å². The molecule has 1 aromatic carbocycles. The fourth-order valence-corrected chi connectivity index (χ4v) is 3.81. The second-order valence-corrected chi connectivity index (χ2v) is 7.91. The van der Waals surface area contributed by atoms with Crippen molar-refractivity contribution in [1.29, 1.82) is 0 Å². The number of fused-ring (bicyclic) bond motifs is 1. The molecule has 0 saturated carbocycles. The van der Waals surface area contributed by atoms with E-state index in [0.29, 0.717) is 11.3 Å². The highest BCUT2D eigenvalue weighted by atomic mass is 19.1.